The molecule has 1 aliphatic heterocycles. The van der Waals surface area contributed by atoms with E-state index < -0.39 is 0 Å². The summed E-state index contributed by atoms with van der Waals surface area (Å²) in [6, 6.07) is 0. The molecule has 0 bridgehead atoms. The molecule has 0 aromatic heterocycles. The van der Waals surface area contributed by atoms with Gasteiger partial charge in [-0.3, -0.25) is 0 Å². The van der Waals surface area contributed by atoms with Crippen LogP contribution in [0.15, 0.2) is 0 Å². The van der Waals surface area contributed by atoms with Gasteiger partial charge in [0.2, 0.25) is 0 Å². The largest absolute Gasteiger partial charge is 0.370 e. The summed E-state index contributed by atoms with van der Waals surface area (Å²) in [6.07, 6.45) is 1.26. The summed E-state index contributed by atoms with van der Waals surface area (Å²) in [4.78, 5) is 1.69. The molecule has 0 spiro atoms. The van der Waals surface area contributed by atoms with Crippen LogP contribution in [0.3, 0.4) is 0 Å². The van der Waals surface area contributed by atoms with E-state index >= 15 is 0 Å². The lowest BCUT2D eigenvalue weighted by Gasteiger charge is -2.22. The Labute approximate surface area is 62.1 Å². The second-order valence-corrected chi connectivity index (χ2v) is 2.82. The van der Waals surface area contributed by atoms with Gasteiger partial charge in [-0.1, -0.05) is 0 Å². The van der Waals surface area contributed by atoms with Crippen LogP contribution in [0.1, 0.15) is 6.42 Å². The molecule has 60 valence electrons. The van der Waals surface area contributed by atoms with Gasteiger partial charge in [0.25, 0.3) is 0 Å². The Kier molecular flexibility index (Phi) is 3.72. The number of ether oxygens (including phenoxy) is 1. The fourth-order valence-electron chi connectivity index (χ4n) is 1.29. The van der Waals surface area contributed by atoms with Gasteiger partial charge in [-0.25, -0.2) is 0 Å². The van der Waals surface area contributed by atoms with E-state index in [1.165, 1.54) is 26.1 Å². The van der Waals surface area contributed by atoms with Crippen molar-refractivity contribution in [2.24, 2.45) is 0 Å². The molecule has 3 nitrogen and oxygen atoms in total. The fourth-order valence-corrected chi connectivity index (χ4v) is 1.29. The first-order chi connectivity index (χ1) is 4.93. The summed E-state index contributed by atoms with van der Waals surface area (Å²) in [5, 5.41) is 0. The molecule has 1 aliphatic rings. The third kappa shape index (κ3) is 2.64. The molecular formula is C7H18N2O+2. The van der Waals surface area contributed by atoms with Crippen LogP contribution in [0, 0.1) is 0 Å². The maximum atomic E-state index is 5.24. The smallest absolute Gasteiger partial charge is 0.101 e. The van der Waals surface area contributed by atoms with Gasteiger partial charge in [-0.15, -0.1) is 0 Å². The minimum Gasteiger partial charge on any atom is -0.370 e. The molecule has 0 unspecified atom stereocenters. The first-order valence-corrected chi connectivity index (χ1v) is 4.14. The fraction of sp³-hybridized carbons (Fsp3) is 1.00. The molecule has 10 heavy (non-hydrogen) atoms. The van der Waals surface area contributed by atoms with Crippen LogP contribution >= 0.6 is 0 Å². The van der Waals surface area contributed by atoms with Crippen LogP contribution in [0.4, 0.5) is 0 Å². The molecule has 0 aliphatic carbocycles. The summed E-state index contributed by atoms with van der Waals surface area (Å²) in [5.41, 5.74) is 3.83. The first kappa shape index (κ1) is 7.98. The molecule has 3 heteroatoms. The Hall–Kier alpha value is -0.120. The van der Waals surface area contributed by atoms with E-state index in [0.717, 1.165) is 19.8 Å². The van der Waals surface area contributed by atoms with Crippen LogP contribution in [0.2, 0.25) is 0 Å². The number of rotatable bonds is 3. The van der Waals surface area contributed by atoms with Crippen molar-refractivity contribution in [3.63, 3.8) is 0 Å². The predicted molar refractivity (Wildman–Crippen MR) is 38.8 cm³/mol. The van der Waals surface area contributed by atoms with E-state index in [4.69, 9.17) is 4.74 Å². The maximum absolute atomic E-state index is 5.24. The Morgan fingerprint density at radius 3 is 2.60 bits per heavy atom. The lowest BCUT2D eigenvalue weighted by atomic mass is 10.3. The summed E-state index contributed by atoms with van der Waals surface area (Å²) in [7, 11) is 0. The minimum absolute atomic E-state index is 0.951. The SMILES string of the molecule is [NH3+]CCC[NH+]1CCOCC1. The van der Waals surface area contributed by atoms with Gasteiger partial charge >= 0.3 is 0 Å². The van der Waals surface area contributed by atoms with Gasteiger partial charge in [0.15, 0.2) is 0 Å². The van der Waals surface area contributed by atoms with Crippen molar-refractivity contribution in [3.05, 3.63) is 0 Å². The Balaban J connectivity index is 2.02. The Bertz CT molecular complexity index is 81.7. The normalized spacial score (nSPS) is 21.3. The van der Waals surface area contributed by atoms with Crippen molar-refractivity contribution in [3.8, 4) is 0 Å². The lowest BCUT2D eigenvalue weighted by Crippen LogP contribution is -3.14. The van der Waals surface area contributed by atoms with E-state index in [-0.39, 0.29) is 0 Å². The van der Waals surface area contributed by atoms with Crippen molar-refractivity contribution in [2.45, 2.75) is 6.42 Å². The predicted octanol–water partition coefficient (Wildman–Crippen LogP) is -2.47. The Morgan fingerprint density at radius 1 is 1.30 bits per heavy atom. The average molecular weight is 146 g/mol. The zero-order valence-corrected chi connectivity index (χ0v) is 6.57. The van der Waals surface area contributed by atoms with Gasteiger partial charge in [0, 0.05) is 6.42 Å². The van der Waals surface area contributed by atoms with Gasteiger partial charge in [-0.2, -0.15) is 0 Å². The first-order valence-electron chi connectivity index (χ1n) is 4.14. The monoisotopic (exact) mass is 146 g/mol. The van der Waals surface area contributed by atoms with Crippen LogP contribution in [0.25, 0.3) is 0 Å². The molecule has 0 atom stereocenters. The number of hydrogen-bond acceptors (Lipinski definition) is 1. The standard InChI is InChI=1S/C7H16N2O/c8-2-1-3-9-4-6-10-7-5-9/h1-8H2/p+2. The molecule has 1 rings (SSSR count). The second-order valence-electron chi connectivity index (χ2n) is 2.82. The molecular weight excluding hydrogens is 128 g/mol. The highest BCUT2D eigenvalue weighted by Crippen LogP contribution is 1.75. The molecule has 4 N–H and O–H groups in total. The molecule has 1 fully saturated rings. The van der Waals surface area contributed by atoms with Crippen LogP contribution in [-0.2, 0) is 4.74 Å². The summed E-state index contributed by atoms with van der Waals surface area (Å²) >= 11 is 0. The highest BCUT2D eigenvalue weighted by Gasteiger charge is 2.12. The van der Waals surface area contributed by atoms with Gasteiger partial charge < -0.3 is 15.4 Å². The number of quaternary nitrogens is 2. The van der Waals surface area contributed by atoms with E-state index in [0.29, 0.717) is 0 Å². The van der Waals surface area contributed by atoms with E-state index in [2.05, 4.69) is 5.73 Å². The van der Waals surface area contributed by atoms with Crippen molar-refractivity contribution >= 4 is 0 Å². The zero-order valence-electron chi connectivity index (χ0n) is 6.57. The Morgan fingerprint density at radius 2 is 2.00 bits per heavy atom. The van der Waals surface area contributed by atoms with Crippen LogP contribution in [-0.4, -0.2) is 39.4 Å². The van der Waals surface area contributed by atoms with Gasteiger partial charge in [0.05, 0.1) is 26.3 Å². The third-order valence-corrected chi connectivity index (χ3v) is 1.98. The molecule has 1 heterocycles. The zero-order chi connectivity index (χ0) is 7.23. The lowest BCUT2D eigenvalue weighted by molar-refractivity contribution is -0.908. The summed E-state index contributed by atoms with van der Waals surface area (Å²) in [6.45, 7) is 6.65. The molecule has 0 aromatic carbocycles. The molecule has 0 aromatic rings. The van der Waals surface area contributed by atoms with Gasteiger partial charge in [-0.05, 0) is 0 Å². The number of morpholine rings is 1. The van der Waals surface area contributed by atoms with Crippen molar-refractivity contribution in [2.75, 3.05) is 39.4 Å². The third-order valence-electron chi connectivity index (χ3n) is 1.98. The average Bonchev–Trinajstić information content (AvgIpc) is 2.03. The van der Waals surface area contributed by atoms with Crippen LogP contribution < -0.4 is 10.6 Å². The highest BCUT2D eigenvalue weighted by molar-refractivity contribution is 4.39. The summed E-state index contributed by atoms with van der Waals surface area (Å²) < 4.78 is 5.24. The molecule has 0 amide bonds. The summed E-state index contributed by atoms with van der Waals surface area (Å²) in [5.74, 6) is 0. The van der Waals surface area contributed by atoms with E-state index in [1.807, 2.05) is 0 Å². The number of hydrogen-bond donors (Lipinski definition) is 2. The molecule has 0 saturated carbocycles. The minimum atomic E-state index is 0.951. The number of nitrogens with one attached hydrogen (secondary N) is 1. The quantitative estimate of drug-likeness (QED) is 0.455. The van der Waals surface area contributed by atoms with E-state index in [9.17, 15) is 0 Å². The molecule has 1 saturated heterocycles. The molecule has 0 radical (unpaired) electrons. The van der Waals surface area contributed by atoms with Crippen LogP contribution in [0.5, 0.6) is 0 Å². The second kappa shape index (κ2) is 4.66. The maximum Gasteiger partial charge on any atom is 0.101 e. The van der Waals surface area contributed by atoms with Crippen molar-refractivity contribution in [1.82, 2.24) is 0 Å². The van der Waals surface area contributed by atoms with E-state index in [1.54, 1.807) is 4.90 Å². The van der Waals surface area contributed by atoms with Gasteiger partial charge in [0.1, 0.15) is 13.1 Å². The van der Waals surface area contributed by atoms with Crippen molar-refractivity contribution < 1.29 is 15.4 Å². The van der Waals surface area contributed by atoms with Crippen molar-refractivity contribution in [1.29, 1.82) is 0 Å². The highest BCUT2D eigenvalue weighted by atomic mass is 16.5. The topological polar surface area (TPSA) is 41.3 Å².